The minimum absolute atomic E-state index is 0.00902. The summed E-state index contributed by atoms with van der Waals surface area (Å²) >= 11 is 0. The number of rotatable bonds is 3. The summed E-state index contributed by atoms with van der Waals surface area (Å²) in [6.45, 7) is 46.1. The molecule has 0 aliphatic heterocycles. The molecule has 42 heavy (non-hydrogen) atoms. The molecule has 0 heterocycles. The van der Waals surface area contributed by atoms with Gasteiger partial charge in [0, 0.05) is 10.8 Å². The molecule has 4 aliphatic carbocycles. The van der Waals surface area contributed by atoms with Gasteiger partial charge in [-0.2, -0.15) is 0 Å². The maximum absolute atomic E-state index is 4.97. The third kappa shape index (κ3) is 4.05. The van der Waals surface area contributed by atoms with E-state index in [1.165, 1.54) is 81.4 Å². The van der Waals surface area contributed by atoms with E-state index in [2.05, 4.69) is 109 Å². The fourth-order valence-corrected chi connectivity index (χ4v) is 11.9. The van der Waals surface area contributed by atoms with Gasteiger partial charge in [-0.05, 0) is 138 Å². The van der Waals surface area contributed by atoms with E-state index >= 15 is 0 Å². The maximum atomic E-state index is 4.97. The van der Waals surface area contributed by atoms with Crippen LogP contribution in [0.15, 0.2) is 65.3 Å². The first kappa shape index (κ1) is 31.3. The third-order valence-corrected chi connectivity index (χ3v) is 13.8. The van der Waals surface area contributed by atoms with Crippen molar-refractivity contribution in [3.05, 3.63) is 87.6 Å². The molecule has 0 unspecified atom stereocenters. The van der Waals surface area contributed by atoms with E-state index in [0.29, 0.717) is 22.7 Å². The molecule has 5 rings (SSSR count). The van der Waals surface area contributed by atoms with Gasteiger partial charge in [0.05, 0.1) is 0 Å². The predicted molar refractivity (Wildman–Crippen MR) is 185 cm³/mol. The van der Waals surface area contributed by atoms with Crippen molar-refractivity contribution in [3.8, 4) is 0 Å². The van der Waals surface area contributed by atoms with Gasteiger partial charge in [0.1, 0.15) is 0 Å². The predicted octanol–water partition coefficient (Wildman–Crippen LogP) is 12.4. The fourth-order valence-electron chi connectivity index (χ4n) is 11.9. The molecule has 228 valence electrons. The summed E-state index contributed by atoms with van der Waals surface area (Å²) in [6, 6.07) is 4.99. The summed E-state index contributed by atoms with van der Waals surface area (Å²) < 4.78 is 0. The lowest BCUT2D eigenvalue weighted by Gasteiger charge is -2.67. The highest BCUT2D eigenvalue weighted by Gasteiger charge is 2.65. The normalized spacial score (nSPS) is 36.0. The Morgan fingerprint density at radius 2 is 1.48 bits per heavy atom. The molecule has 1 aromatic rings. The second-order valence-corrected chi connectivity index (χ2v) is 17.6. The Morgan fingerprint density at radius 3 is 2.02 bits per heavy atom. The third-order valence-electron chi connectivity index (χ3n) is 13.8. The molecule has 0 bridgehead atoms. The van der Waals surface area contributed by atoms with Crippen LogP contribution in [0.5, 0.6) is 0 Å². The first-order chi connectivity index (χ1) is 19.1. The standard InChI is InChI=1S/C42H60/c1-24(2)35-25(3)20-40(14)31(9)41(15)28(6)34-18-17-33(19-32-21-38(10,11)23-39(12,13)22-32)26(4)36(34)27(5)37(41)30(8)42(40,16)29(35)7/h17-18,28,31-32H,1,5,7,19-23H2,2-4,6,8-16H3/t28-,31+,40+,41-,42-/m1/s1. The molecule has 0 radical (unpaired) electrons. The van der Waals surface area contributed by atoms with E-state index in [0.717, 1.165) is 17.9 Å². The van der Waals surface area contributed by atoms with Crippen molar-refractivity contribution >= 4 is 5.57 Å². The van der Waals surface area contributed by atoms with Gasteiger partial charge in [0.25, 0.3) is 0 Å². The van der Waals surface area contributed by atoms with Crippen molar-refractivity contribution in [2.24, 2.45) is 38.9 Å². The zero-order valence-corrected chi connectivity index (χ0v) is 29.5. The molecule has 5 atom stereocenters. The topological polar surface area (TPSA) is 0 Å². The minimum Gasteiger partial charge on any atom is -0.0955 e. The van der Waals surface area contributed by atoms with E-state index in [-0.39, 0.29) is 16.2 Å². The van der Waals surface area contributed by atoms with Gasteiger partial charge in [-0.15, -0.1) is 0 Å². The molecule has 1 aromatic carbocycles. The van der Waals surface area contributed by atoms with E-state index in [9.17, 15) is 0 Å². The summed E-state index contributed by atoms with van der Waals surface area (Å²) in [7, 11) is 0. The van der Waals surface area contributed by atoms with Crippen LogP contribution >= 0.6 is 0 Å². The van der Waals surface area contributed by atoms with Crippen LogP contribution in [0.3, 0.4) is 0 Å². The van der Waals surface area contributed by atoms with Crippen molar-refractivity contribution in [2.75, 3.05) is 0 Å². The Hall–Kier alpha value is -2.08. The fraction of sp³-hybridized carbons (Fsp3) is 0.619. The number of allylic oxidation sites excluding steroid dienone is 7. The highest BCUT2D eigenvalue weighted by atomic mass is 14.7. The van der Waals surface area contributed by atoms with Crippen LogP contribution in [0.25, 0.3) is 5.57 Å². The van der Waals surface area contributed by atoms with Crippen molar-refractivity contribution in [1.82, 2.24) is 0 Å². The quantitative estimate of drug-likeness (QED) is 0.342. The molecule has 0 nitrogen and oxygen atoms in total. The lowest BCUT2D eigenvalue weighted by molar-refractivity contribution is -0.0261. The summed E-state index contributed by atoms with van der Waals surface area (Å²) in [4.78, 5) is 0. The molecule has 0 spiro atoms. The molecule has 4 aliphatic rings. The number of hydrogen-bond donors (Lipinski definition) is 0. The molecule has 1 fully saturated rings. The van der Waals surface area contributed by atoms with Gasteiger partial charge < -0.3 is 0 Å². The van der Waals surface area contributed by atoms with Gasteiger partial charge in [0.15, 0.2) is 0 Å². The van der Waals surface area contributed by atoms with Crippen LogP contribution in [-0.2, 0) is 6.42 Å². The molecule has 1 saturated carbocycles. The Balaban J connectivity index is 1.67. The zero-order chi connectivity index (χ0) is 31.5. The monoisotopic (exact) mass is 564 g/mol. The molecular weight excluding hydrogens is 504 g/mol. The largest absolute Gasteiger partial charge is 0.0955 e. The Labute approximate surface area is 259 Å². The zero-order valence-electron chi connectivity index (χ0n) is 29.5. The Morgan fingerprint density at radius 1 is 0.905 bits per heavy atom. The van der Waals surface area contributed by atoms with Crippen molar-refractivity contribution in [2.45, 2.75) is 128 Å². The average Bonchev–Trinajstić information content (AvgIpc) is 2.83. The molecule has 0 heteroatoms. The second kappa shape index (κ2) is 9.46. The smallest absolute Gasteiger partial charge is 0.0196 e. The number of fused-ring (bicyclic) bond motifs is 3. The first-order valence-electron chi connectivity index (χ1n) is 16.7. The molecular formula is C42H60. The molecule has 0 N–H and O–H groups in total. The van der Waals surface area contributed by atoms with Crippen LogP contribution < -0.4 is 0 Å². The Kier molecular flexibility index (Phi) is 7.06. The number of benzene rings is 1. The van der Waals surface area contributed by atoms with E-state index in [1.54, 1.807) is 0 Å². The highest BCUT2D eigenvalue weighted by molar-refractivity contribution is 5.88. The summed E-state index contributed by atoms with van der Waals surface area (Å²) in [5, 5.41) is 0. The lowest BCUT2D eigenvalue weighted by Crippen LogP contribution is -2.58. The molecule has 0 amide bonds. The van der Waals surface area contributed by atoms with Crippen LogP contribution in [0.1, 0.15) is 137 Å². The second-order valence-electron chi connectivity index (χ2n) is 17.6. The summed E-state index contributed by atoms with van der Waals surface area (Å²) in [6.07, 6.45) is 6.23. The van der Waals surface area contributed by atoms with E-state index in [1.807, 2.05) is 0 Å². The lowest BCUT2D eigenvalue weighted by atomic mass is 9.36. The summed E-state index contributed by atoms with van der Waals surface area (Å²) in [5.41, 5.74) is 16.2. The van der Waals surface area contributed by atoms with Crippen molar-refractivity contribution < 1.29 is 0 Å². The Bertz CT molecular complexity index is 1450. The van der Waals surface area contributed by atoms with Crippen molar-refractivity contribution in [1.29, 1.82) is 0 Å². The van der Waals surface area contributed by atoms with Gasteiger partial charge in [-0.25, -0.2) is 0 Å². The SMILES string of the molecule is C=C(C)C1=C(C)C[C@@]2(C)[C@H](C)[C@]3(C)C(=C(C)[C@@]2(C)C1=C)C(=C)c1c(ccc(CC2CC(C)(C)CC(C)(C)C2)c1C)[C@H]3C. The van der Waals surface area contributed by atoms with Crippen LogP contribution in [-0.4, -0.2) is 0 Å². The van der Waals surface area contributed by atoms with Gasteiger partial charge in [0.2, 0.25) is 0 Å². The summed E-state index contributed by atoms with van der Waals surface area (Å²) in [5.74, 6) is 1.61. The van der Waals surface area contributed by atoms with Gasteiger partial charge in [-0.3, -0.25) is 0 Å². The molecule has 0 saturated heterocycles. The van der Waals surface area contributed by atoms with Gasteiger partial charge in [-0.1, -0.05) is 111 Å². The van der Waals surface area contributed by atoms with E-state index < -0.39 is 0 Å². The average molecular weight is 565 g/mol. The van der Waals surface area contributed by atoms with Gasteiger partial charge >= 0.3 is 0 Å². The van der Waals surface area contributed by atoms with Crippen LogP contribution in [0.4, 0.5) is 0 Å². The van der Waals surface area contributed by atoms with Crippen molar-refractivity contribution in [3.63, 3.8) is 0 Å². The van der Waals surface area contributed by atoms with Crippen LogP contribution in [0.2, 0.25) is 0 Å². The number of hydrogen-bond acceptors (Lipinski definition) is 0. The first-order valence-corrected chi connectivity index (χ1v) is 16.7. The highest BCUT2D eigenvalue weighted by Crippen LogP contribution is 2.74. The van der Waals surface area contributed by atoms with Crippen LogP contribution in [0, 0.1) is 45.8 Å². The maximum Gasteiger partial charge on any atom is 0.0196 e. The van der Waals surface area contributed by atoms with E-state index in [4.69, 9.17) is 13.2 Å². The minimum atomic E-state index is -0.139. The molecule has 0 aromatic heterocycles.